The molecule has 0 unspecified atom stereocenters. The standard InChI is InChI=1S/C13H21N5/c1-6-10-9(7-17(5)16-10)11-12(14)18(8-15-11)13(2,3)4/h7-8H,6,14H2,1-5H3. The molecular weight excluding hydrogens is 226 g/mol. The van der Waals surface area contributed by atoms with Gasteiger partial charge in [-0.2, -0.15) is 5.10 Å². The molecule has 0 spiro atoms. The molecule has 5 nitrogen and oxygen atoms in total. The molecule has 0 atom stereocenters. The van der Waals surface area contributed by atoms with Crippen LogP contribution in [-0.2, 0) is 19.0 Å². The van der Waals surface area contributed by atoms with E-state index >= 15 is 0 Å². The number of anilines is 1. The minimum absolute atomic E-state index is 0.0656. The highest BCUT2D eigenvalue weighted by molar-refractivity contribution is 5.72. The van der Waals surface area contributed by atoms with Gasteiger partial charge in [-0.15, -0.1) is 0 Å². The molecule has 0 saturated heterocycles. The Labute approximate surface area is 108 Å². The van der Waals surface area contributed by atoms with Crippen LogP contribution in [0, 0.1) is 0 Å². The maximum Gasteiger partial charge on any atom is 0.132 e. The number of aryl methyl sites for hydroxylation is 2. The summed E-state index contributed by atoms with van der Waals surface area (Å²) in [5, 5.41) is 4.43. The van der Waals surface area contributed by atoms with Gasteiger partial charge >= 0.3 is 0 Å². The lowest BCUT2D eigenvalue weighted by atomic mass is 10.1. The number of nitrogen functional groups attached to an aromatic ring is 1. The van der Waals surface area contributed by atoms with Crippen LogP contribution in [-0.4, -0.2) is 19.3 Å². The molecule has 98 valence electrons. The van der Waals surface area contributed by atoms with E-state index in [4.69, 9.17) is 5.73 Å². The van der Waals surface area contributed by atoms with Crippen molar-refractivity contribution in [1.82, 2.24) is 19.3 Å². The fourth-order valence-corrected chi connectivity index (χ4v) is 2.09. The molecule has 0 aliphatic heterocycles. The fraction of sp³-hybridized carbons (Fsp3) is 0.538. The van der Waals surface area contributed by atoms with Gasteiger partial charge < -0.3 is 10.3 Å². The number of hydrogen-bond donors (Lipinski definition) is 1. The second-order valence-electron chi connectivity index (χ2n) is 5.54. The molecule has 2 aromatic heterocycles. The predicted molar refractivity (Wildman–Crippen MR) is 73.2 cm³/mol. The van der Waals surface area contributed by atoms with Crippen LogP contribution in [0.15, 0.2) is 12.5 Å². The van der Waals surface area contributed by atoms with Gasteiger partial charge in [0.1, 0.15) is 11.5 Å². The molecule has 0 aliphatic rings. The van der Waals surface area contributed by atoms with Crippen LogP contribution in [0.2, 0.25) is 0 Å². The van der Waals surface area contributed by atoms with Crippen molar-refractivity contribution >= 4 is 5.82 Å². The van der Waals surface area contributed by atoms with Crippen molar-refractivity contribution in [3.8, 4) is 11.3 Å². The summed E-state index contributed by atoms with van der Waals surface area (Å²) >= 11 is 0. The maximum absolute atomic E-state index is 6.22. The first-order valence-corrected chi connectivity index (χ1v) is 6.20. The van der Waals surface area contributed by atoms with Crippen LogP contribution in [0.1, 0.15) is 33.4 Å². The Balaban J connectivity index is 2.55. The van der Waals surface area contributed by atoms with Gasteiger partial charge in [0.15, 0.2) is 0 Å². The van der Waals surface area contributed by atoms with Crippen molar-refractivity contribution in [3.63, 3.8) is 0 Å². The molecule has 0 aromatic carbocycles. The van der Waals surface area contributed by atoms with Crippen molar-refractivity contribution in [1.29, 1.82) is 0 Å². The molecule has 18 heavy (non-hydrogen) atoms. The molecule has 0 radical (unpaired) electrons. The molecule has 0 bridgehead atoms. The van der Waals surface area contributed by atoms with Crippen LogP contribution < -0.4 is 5.73 Å². The number of aromatic nitrogens is 4. The third kappa shape index (κ3) is 2.00. The Morgan fingerprint density at radius 1 is 1.33 bits per heavy atom. The van der Waals surface area contributed by atoms with Crippen LogP contribution >= 0.6 is 0 Å². The van der Waals surface area contributed by atoms with Crippen LogP contribution in [0.25, 0.3) is 11.3 Å². The number of nitrogens with two attached hydrogens (primary N) is 1. The minimum Gasteiger partial charge on any atom is -0.383 e. The van der Waals surface area contributed by atoms with E-state index in [0.717, 1.165) is 23.4 Å². The van der Waals surface area contributed by atoms with Crippen LogP contribution in [0.3, 0.4) is 0 Å². The van der Waals surface area contributed by atoms with Crippen molar-refractivity contribution < 1.29 is 0 Å². The summed E-state index contributed by atoms with van der Waals surface area (Å²) in [6, 6.07) is 0. The first kappa shape index (κ1) is 12.7. The number of rotatable bonds is 2. The largest absolute Gasteiger partial charge is 0.383 e. The van der Waals surface area contributed by atoms with Crippen LogP contribution in [0.4, 0.5) is 5.82 Å². The zero-order valence-electron chi connectivity index (χ0n) is 11.7. The SMILES string of the molecule is CCc1nn(C)cc1-c1ncn(C(C)(C)C)c1N. The highest BCUT2D eigenvalue weighted by Gasteiger charge is 2.21. The summed E-state index contributed by atoms with van der Waals surface area (Å²) in [5.41, 5.74) is 9.04. The topological polar surface area (TPSA) is 61.7 Å². The average molecular weight is 247 g/mol. The third-order valence-electron chi connectivity index (χ3n) is 3.02. The molecule has 2 aromatic rings. The molecule has 0 amide bonds. The van der Waals surface area contributed by atoms with E-state index in [0.29, 0.717) is 5.82 Å². The summed E-state index contributed by atoms with van der Waals surface area (Å²) in [4.78, 5) is 4.46. The maximum atomic E-state index is 6.22. The zero-order chi connectivity index (χ0) is 13.5. The Bertz CT molecular complexity index is 556. The number of hydrogen-bond acceptors (Lipinski definition) is 3. The van der Waals surface area contributed by atoms with Crippen LogP contribution in [0.5, 0.6) is 0 Å². The van der Waals surface area contributed by atoms with E-state index < -0.39 is 0 Å². The fourth-order valence-electron chi connectivity index (χ4n) is 2.09. The van der Waals surface area contributed by atoms with Gasteiger partial charge in [-0.1, -0.05) is 6.92 Å². The van der Waals surface area contributed by atoms with Gasteiger partial charge in [0.25, 0.3) is 0 Å². The Kier molecular flexibility index (Phi) is 2.92. The van der Waals surface area contributed by atoms with Gasteiger partial charge in [0.05, 0.1) is 12.0 Å². The van der Waals surface area contributed by atoms with Gasteiger partial charge in [-0.3, -0.25) is 4.68 Å². The Morgan fingerprint density at radius 2 is 2.00 bits per heavy atom. The zero-order valence-corrected chi connectivity index (χ0v) is 11.7. The molecule has 0 aliphatic carbocycles. The molecule has 2 heterocycles. The highest BCUT2D eigenvalue weighted by atomic mass is 15.3. The van der Waals surface area contributed by atoms with Gasteiger partial charge in [0, 0.05) is 24.3 Å². The molecule has 0 fully saturated rings. The van der Waals surface area contributed by atoms with E-state index in [-0.39, 0.29) is 5.54 Å². The lowest BCUT2D eigenvalue weighted by Gasteiger charge is -2.22. The first-order chi connectivity index (χ1) is 8.34. The van der Waals surface area contributed by atoms with Gasteiger partial charge in [-0.05, 0) is 27.2 Å². The molecule has 2 rings (SSSR count). The summed E-state index contributed by atoms with van der Waals surface area (Å²) in [7, 11) is 1.92. The van der Waals surface area contributed by atoms with Gasteiger partial charge in [-0.25, -0.2) is 4.98 Å². The minimum atomic E-state index is -0.0656. The smallest absolute Gasteiger partial charge is 0.132 e. The Hall–Kier alpha value is -1.78. The summed E-state index contributed by atoms with van der Waals surface area (Å²) < 4.78 is 3.80. The molecular formula is C13H21N5. The van der Waals surface area contributed by atoms with E-state index in [9.17, 15) is 0 Å². The van der Waals surface area contributed by atoms with Crippen molar-refractivity contribution in [2.45, 2.75) is 39.7 Å². The van der Waals surface area contributed by atoms with E-state index in [2.05, 4.69) is 37.8 Å². The lowest BCUT2D eigenvalue weighted by Crippen LogP contribution is -2.22. The normalized spacial score (nSPS) is 12.1. The molecule has 5 heteroatoms. The average Bonchev–Trinajstić information content (AvgIpc) is 2.80. The second kappa shape index (κ2) is 4.15. The highest BCUT2D eigenvalue weighted by Crippen LogP contribution is 2.30. The van der Waals surface area contributed by atoms with E-state index in [1.54, 1.807) is 6.33 Å². The second-order valence-corrected chi connectivity index (χ2v) is 5.54. The quantitative estimate of drug-likeness (QED) is 0.884. The predicted octanol–water partition coefficient (Wildman–Crippen LogP) is 2.18. The Morgan fingerprint density at radius 3 is 2.50 bits per heavy atom. The first-order valence-electron chi connectivity index (χ1n) is 6.20. The lowest BCUT2D eigenvalue weighted by molar-refractivity contribution is 0.402. The number of nitrogens with zero attached hydrogens (tertiary/aromatic N) is 4. The summed E-state index contributed by atoms with van der Waals surface area (Å²) in [5.74, 6) is 0.699. The van der Waals surface area contributed by atoms with E-state index in [1.165, 1.54) is 0 Å². The third-order valence-corrected chi connectivity index (χ3v) is 3.02. The summed E-state index contributed by atoms with van der Waals surface area (Å²) in [6.45, 7) is 8.42. The van der Waals surface area contributed by atoms with E-state index in [1.807, 2.05) is 22.5 Å². The van der Waals surface area contributed by atoms with Crippen molar-refractivity contribution in [2.24, 2.45) is 7.05 Å². The van der Waals surface area contributed by atoms with Gasteiger partial charge in [0.2, 0.25) is 0 Å². The monoisotopic (exact) mass is 247 g/mol. The number of imidazole rings is 1. The summed E-state index contributed by atoms with van der Waals surface area (Å²) in [6.07, 6.45) is 4.65. The van der Waals surface area contributed by atoms with Crippen molar-refractivity contribution in [2.75, 3.05) is 5.73 Å². The molecule has 0 saturated carbocycles. The molecule has 2 N–H and O–H groups in total. The van der Waals surface area contributed by atoms with Crippen molar-refractivity contribution in [3.05, 3.63) is 18.2 Å².